The molecule has 2 rings (SSSR count). The van der Waals surface area contributed by atoms with Gasteiger partial charge in [0.25, 0.3) is 10.0 Å². The molecular formula is C14H24N2O2S2. The van der Waals surface area contributed by atoms with Crippen LogP contribution in [0.1, 0.15) is 38.7 Å². The van der Waals surface area contributed by atoms with Gasteiger partial charge in [0, 0.05) is 19.6 Å². The lowest BCUT2D eigenvalue weighted by Gasteiger charge is -2.26. The molecule has 0 aromatic carbocycles. The van der Waals surface area contributed by atoms with Crippen molar-refractivity contribution >= 4 is 21.4 Å². The van der Waals surface area contributed by atoms with Gasteiger partial charge < -0.3 is 5.32 Å². The van der Waals surface area contributed by atoms with E-state index in [2.05, 4.69) is 19.2 Å². The Bertz CT molecular complexity index is 547. The molecule has 1 aromatic rings. The molecule has 20 heavy (non-hydrogen) atoms. The zero-order chi connectivity index (χ0) is 14.8. The smallest absolute Gasteiger partial charge is 0.252 e. The van der Waals surface area contributed by atoms with Crippen LogP contribution >= 0.6 is 11.3 Å². The maximum atomic E-state index is 12.7. The molecule has 0 spiro atoms. The first kappa shape index (κ1) is 15.9. The zero-order valence-corrected chi connectivity index (χ0v) is 14.1. The summed E-state index contributed by atoms with van der Waals surface area (Å²) in [5.74, 6) is 0. The van der Waals surface area contributed by atoms with E-state index in [4.69, 9.17) is 0 Å². The van der Waals surface area contributed by atoms with E-state index in [1.165, 1.54) is 11.3 Å². The minimum Gasteiger partial charge on any atom is -0.316 e. The summed E-state index contributed by atoms with van der Waals surface area (Å²) in [7, 11) is -1.44. The number of nitrogens with one attached hydrogen (secondary N) is 1. The highest BCUT2D eigenvalue weighted by Gasteiger charge is 2.40. The van der Waals surface area contributed by atoms with E-state index in [1.54, 1.807) is 10.4 Å². The molecule has 0 unspecified atom stereocenters. The third-order valence-corrected chi connectivity index (χ3v) is 7.82. The average molecular weight is 316 g/mol. The van der Waals surface area contributed by atoms with Gasteiger partial charge in [0.2, 0.25) is 0 Å². The topological polar surface area (TPSA) is 49.4 Å². The van der Waals surface area contributed by atoms with Gasteiger partial charge in [0.05, 0.1) is 0 Å². The quantitative estimate of drug-likeness (QED) is 0.878. The highest BCUT2D eigenvalue weighted by atomic mass is 32.2. The van der Waals surface area contributed by atoms with Crippen LogP contribution in [0.2, 0.25) is 0 Å². The molecule has 0 aliphatic carbocycles. The van der Waals surface area contributed by atoms with E-state index in [0.717, 1.165) is 24.8 Å². The van der Waals surface area contributed by atoms with Crippen LogP contribution in [0.15, 0.2) is 15.7 Å². The summed E-state index contributed by atoms with van der Waals surface area (Å²) in [6.07, 6.45) is 3.07. The molecule has 1 aromatic heterocycles. The second kappa shape index (κ2) is 6.13. The van der Waals surface area contributed by atoms with Crippen molar-refractivity contribution in [2.45, 2.75) is 43.9 Å². The van der Waals surface area contributed by atoms with Crippen molar-refractivity contribution in [2.24, 2.45) is 5.41 Å². The van der Waals surface area contributed by atoms with Crippen LogP contribution in [-0.4, -0.2) is 32.9 Å². The van der Waals surface area contributed by atoms with E-state index in [0.29, 0.717) is 23.8 Å². The zero-order valence-electron chi connectivity index (χ0n) is 12.5. The van der Waals surface area contributed by atoms with Gasteiger partial charge in [0.1, 0.15) is 4.21 Å². The Balaban J connectivity index is 2.19. The van der Waals surface area contributed by atoms with Crippen molar-refractivity contribution in [3.8, 4) is 0 Å². The van der Waals surface area contributed by atoms with Crippen molar-refractivity contribution in [3.05, 3.63) is 17.0 Å². The molecule has 0 saturated carbocycles. The second-order valence-corrected chi connectivity index (χ2v) is 8.68. The number of rotatable bonds is 6. The normalized spacial score (nSPS) is 19.6. The summed E-state index contributed by atoms with van der Waals surface area (Å²) in [6.45, 7) is 6.36. The predicted octanol–water partition coefficient (Wildman–Crippen LogP) is 2.67. The summed E-state index contributed by atoms with van der Waals surface area (Å²) < 4.78 is 27.5. The van der Waals surface area contributed by atoms with E-state index >= 15 is 0 Å². The van der Waals surface area contributed by atoms with Crippen LogP contribution in [0.5, 0.6) is 0 Å². The number of hydrogen-bond donors (Lipinski definition) is 1. The van der Waals surface area contributed by atoms with Crippen LogP contribution in [0.3, 0.4) is 0 Å². The van der Waals surface area contributed by atoms with Crippen LogP contribution in [0.25, 0.3) is 0 Å². The fraction of sp³-hybridized carbons (Fsp3) is 0.714. The summed E-state index contributed by atoms with van der Waals surface area (Å²) in [5, 5.41) is 4.97. The van der Waals surface area contributed by atoms with Gasteiger partial charge in [-0.1, -0.05) is 13.8 Å². The van der Waals surface area contributed by atoms with E-state index < -0.39 is 10.0 Å². The molecule has 4 nitrogen and oxygen atoms in total. The second-order valence-electron chi connectivity index (χ2n) is 5.60. The fourth-order valence-corrected chi connectivity index (χ4v) is 5.75. The Morgan fingerprint density at radius 3 is 2.65 bits per heavy atom. The van der Waals surface area contributed by atoms with Crippen molar-refractivity contribution in [1.82, 2.24) is 9.62 Å². The molecule has 0 atom stereocenters. The summed E-state index contributed by atoms with van der Waals surface area (Å²) in [4.78, 5) is 0. The largest absolute Gasteiger partial charge is 0.316 e. The maximum absolute atomic E-state index is 12.7. The van der Waals surface area contributed by atoms with Gasteiger partial charge >= 0.3 is 0 Å². The summed E-state index contributed by atoms with van der Waals surface area (Å²) >= 11 is 1.33. The first-order valence-electron chi connectivity index (χ1n) is 7.19. The molecule has 114 valence electrons. The Kier molecular flexibility index (Phi) is 4.89. The molecule has 1 saturated heterocycles. The Labute approximate surface area is 126 Å². The highest BCUT2D eigenvalue weighted by Crippen LogP contribution is 2.39. The molecule has 1 aliphatic rings. The Morgan fingerprint density at radius 2 is 2.10 bits per heavy atom. The minimum absolute atomic E-state index is 0.179. The van der Waals surface area contributed by atoms with Crippen LogP contribution in [0.4, 0.5) is 0 Å². The lowest BCUT2D eigenvalue weighted by atomic mass is 9.82. The average Bonchev–Trinajstić information content (AvgIpc) is 3.06. The summed E-state index contributed by atoms with van der Waals surface area (Å²) in [5.41, 5.74) is 1.21. The third kappa shape index (κ3) is 2.93. The number of sulfonamides is 1. The minimum atomic E-state index is -3.30. The number of nitrogens with zero attached hydrogens (tertiary/aromatic N) is 1. The Hall–Kier alpha value is -0.430. The molecule has 0 radical (unpaired) electrons. The van der Waals surface area contributed by atoms with Gasteiger partial charge in [-0.15, -0.1) is 11.3 Å². The molecule has 1 fully saturated rings. The van der Waals surface area contributed by atoms with Gasteiger partial charge in [-0.05, 0) is 48.7 Å². The first-order valence-corrected chi connectivity index (χ1v) is 9.51. The highest BCUT2D eigenvalue weighted by molar-refractivity contribution is 7.91. The number of thiophene rings is 1. The fourth-order valence-electron chi connectivity index (χ4n) is 2.84. The first-order chi connectivity index (χ1) is 9.47. The molecule has 0 bridgehead atoms. The molecule has 0 amide bonds. The van der Waals surface area contributed by atoms with Gasteiger partial charge in [0.15, 0.2) is 0 Å². The number of hydrogen-bond acceptors (Lipinski definition) is 4. The SMILES string of the molecule is CCC1(CC)CCN(S(=O)(=O)c2cc(CNC)cs2)C1. The van der Waals surface area contributed by atoms with Crippen molar-refractivity contribution in [1.29, 1.82) is 0 Å². The van der Waals surface area contributed by atoms with E-state index in [9.17, 15) is 8.42 Å². The lowest BCUT2D eigenvalue weighted by Crippen LogP contribution is -2.31. The van der Waals surface area contributed by atoms with Crippen LogP contribution < -0.4 is 5.32 Å². The summed E-state index contributed by atoms with van der Waals surface area (Å²) in [6, 6.07) is 1.80. The van der Waals surface area contributed by atoms with Crippen molar-refractivity contribution in [3.63, 3.8) is 0 Å². The van der Waals surface area contributed by atoms with E-state index in [1.807, 2.05) is 12.4 Å². The standard InChI is InChI=1S/C14H24N2O2S2/c1-4-14(5-2)6-7-16(11-14)20(17,18)13-8-12(9-15-3)10-19-13/h8,10,15H,4-7,9,11H2,1-3H3. The van der Waals surface area contributed by atoms with Crippen molar-refractivity contribution in [2.75, 3.05) is 20.1 Å². The molecule has 6 heteroatoms. The molecule has 2 heterocycles. The van der Waals surface area contributed by atoms with Crippen LogP contribution in [0, 0.1) is 5.41 Å². The lowest BCUT2D eigenvalue weighted by molar-refractivity contribution is 0.280. The van der Waals surface area contributed by atoms with Crippen molar-refractivity contribution < 1.29 is 8.42 Å². The monoisotopic (exact) mass is 316 g/mol. The molecule has 1 N–H and O–H groups in total. The predicted molar refractivity (Wildman–Crippen MR) is 83.5 cm³/mol. The molecule has 1 aliphatic heterocycles. The molecular weight excluding hydrogens is 292 g/mol. The Morgan fingerprint density at radius 1 is 1.40 bits per heavy atom. The maximum Gasteiger partial charge on any atom is 0.252 e. The van der Waals surface area contributed by atoms with E-state index in [-0.39, 0.29) is 5.41 Å². The van der Waals surface area contributed by atoms with Gasteiger partial charge in [-0.25, -0.2) is 8.42 Å². The van der Waals surface area contributed by atoms with Gasteiger partial charge in [-0.2, -0.15) is 4.31 Å². The van der Waals surface area contributed by atoms with Gasteiger partial charge in [-0.3, -0.25) is 0 Å². The third-order valence-electron chi connectivity index (χ3n) is 4.51. The van der Waals surface area contributed by atoms with Crippen LogP contribution in [-0.2, 0) is 16.6 Å².